The second-order valence-electron chi connectivity index (χ2n) is 4.58. The van der Waals surface area contributed by atoms with Gasteiger partial charge in [0.05, 0.1) is 0 Å². The van der Waals surface area contributed by atoms with E-state index in [0.717, 1.165) is 17.9 Å². The number of hydrogen-bond acceptors (Lipinski definition) is 1. The molecule has 1 unspecified atom stereocenters. The van der Waals surface area contributed by atoms with Crippen molar-refractivity contribution in [3.8, 4) is 0 Å². The lowest BCUT2D eigenvalue weighted by Gasteiger charge is -2.08. The van der Waals surface area contributed by atoms with Gasteiger partial charge in [0.15, 0.2) is 5.78 Å². The maximum atomic E-state index is 11.8. The molecule has 0 bridgehead atoms. The van der Waals surface area contributed by atoms with E-state index in [4.69, 9.17) is 0 Å². The van der Waals surface area contributed by atoms with E-state index in [0.29, 0.717) is 6.42 Å². The van der Waals surface area contributed by atoms with E-state index < -0.39 is 0 Å². The molecule has 0 saturated carbocycles. The number of ketones is 1. The van der Waals surface area contributed by atoms with Gasteiger partial charge in [0.2, 0.25) is 0 Å². The van der Waals surface area contributed by atoms with Gasteiger partial charge in [0, 0.05) is 12.0 Å². The number of Topliss-reactive ketones (excluding diaryl/α,β-unsaturated/α-hetero) is 1. The molecule has 0 fully saturated rings. The van der Waals surface area contributed by atoms with E-state index in [-0.39, 0.29) is 5.78 Å². The van der Waals surface area contributed by atoms with Crippen LogP contribution in [0, 0.1) is 5.92 Å². The summed E-state index contributed by atoms with van der Waals surface area (Å²) in [5.41, 5.74) is 0.852. The predicted molar refractivity (Wildman–Crippen MR) is 68.7 cm³/mol. The van der Waals surface area contributed by atoms with Crippen molar-refractivity contribution in [3.05, 3.63) is 35.9 Å². The quantitative estimate of drug-likeness (QED) is 0.617. The standard InChI is InChI=1S/C15H22O/c1-3-8-13(2)9-7-12-15(16)14-10-5-4-6-11-14/h4-6,10-11,13H,3,7-9,12H2,1-2H3. The first-order chi connectivity index (χ1) is 7.74. The van der Waals surface area contributed by atoms with E-state index in [1.807, 2.05) is 30.3 Å². The number of benzene rings is 1. The summed E-state index contributed by atoms with van der Waals surface area (Å²) >= 11 is 0. The third-order valence-electron chi connectivity index (χ3n) is 2.98. The summed E-state index contributed by atoms with van der Waals surface area (Å²) in [4.78, 5) is 11.8. The Morgan fingerprint density at radius 2 is 1.88 bits per heavy atom. The number of carbonyl (C=O) groups is 1. The maximum absolute atomic E-state index is 11.8. The van der Waals surface area contributed by atoms with Crippen LogP contribution in [0.4, 0.5) is 0 Å². The van der Waals surface area contributed by atoms with Crippen molar-refractivity contribution < 1.29 is 4.79 Å². The van der Waals surface area contributed by atoms with Crippen LogP contribution in [0.1, 0.15) is 56.3 Å². The third kappa shape index (κ3) is 4.61. The van der Waals surface area contributed by atoms with E-state index in [9.17, 15) is 4.79 Å². The molecule has 0 heterocycles. The van der Waals surface area contributed by atoms with Crippen molar-refractivity contribution in [2.45, 2.75) is 46.0 Å². The van der Waals surface area contributed by atoms with Crippen LogP contribution in [0.25, 0.3) is 0 Å². The summed E-state index contributed by atoms with van der Waals surface area (Å²) in [5, 5.41) is 0. The molecule has 0 aromatic heterocycles. The number of hydrogen-bond donors (Lipinski definition) is 0. The van der Waals surface area contributed by atoms with Crippen LogP contribution < -0.4 is 0 Å². The SMILES string of the molecule is CCCC(C)CCCC(=O)c1ccccc1. The first kappa shape index (κ1) is 13.0. The fraction of sp³-hybridized carbons (Fsp3) is 0.533. The van der Waals surface area contributed by atoms with Crippen LogP contribution in [0.2, 0.25) is 0 Å². The lowest BCUT2D eigenvalue weighted by molar-refractivity contribution is 0.0978. The van der Waals surface area contributed by atoms with E-state index in [2.05, 4.69) is 13.8 Å². The van der Waals surface area contributed by atoms with Gasteiger partial charge in [-0.15, -0.1) is 0 Å². The third-order valence-corrected chi connectivity index (χ3v) is 2.98. The van der Waals surface area contributed by atoms with Crippen molar-refractivity contribution in [1.29, 1.82) is 0 Å². The fourth-order valence-electron chi connectivity index (χ4n) is 2.02. The minimum Gasteiger partial charge on any atom is -0.294 e. The van der Waals surface area contributed by atoms with Gasteiger partial charge in [0.1, 0.15) is 0 Å². The molecule has 88 valence electrons. The number of carbonyl (C=O) groups excluding carboxylic acids is 1. The monoisotopic (exact) mass is 218 g/mol. The Balaban J connectivity index is 2.26. The first-order valence-corrected chi connectivity index (χ1v) is 6.32. The smallest absolute Gasteiger partial charge is 0.162 e. The Morgan fingerprint density at radius 3 is 2.50 bits per heavy atom. The molecule has 1 aromatic carbocycles. The molecule has 1 aromatic rings. The van der Waals surface area contributed by atoms with Crippen LogP contribution in [0.5, 0.6) is 0 Å². The summed E-state index contributed by atoms with van der Waals surface area (Å²) < 4.78 is 0. The van der Waals surface area contributed by atoms with Gasteiger partial charge in [-0.1, -0.05) is 63.4 Å². The minimum absolute atomic E-state index is 0.282. The molecule has 0 aliphatic carbocycles. The Kier molecular flexibility index (Phi) is 5.84. The highest BCUT2D eigenvalue weighted by Crippen LogP contribution is 2.15. The molecule has 1 nitrogen and oxygen atoms in total. The molecule has 1 heteroatoms. The minimum atomic E-state index is 0.282. The molecule has 0 aliphatic heterocycles. The molecule has 0 saturated heterocycles. The van der Waals surface area contributed by atoms with Gasteiger partial charge in [-0.3, -0.25) is 4.79 Å². The maximum Gasteiger partial charge on any atom is 0.162 e. The largest absolute Gasteiger partial charge is 0.294 e. The van der Waals surface area contributed by atoms with Crippen molar-refractivity contribution in [3.63, 3.8) is 0 Å². The number of rotatable bonds is 7. The van der Waals surface area contributed by atoms with E-state index in [1.54, 1.807) is 0 Å². The molecular formula is C15H22O. The lowest BCUT2D eigenvalue weighted by atomic mass is 9.97. The zero-order valence-corrected chi connectivity index (χ0v) is 10.4. The van der Waals surface area contributed by atoms with Crippen molar-refractivity contribution in [2.24, 2.45) is 5.92 Å². The van der Waals surface area contributed by atoms with Gasteiger partial charge >= 0.3 is 0 Å². The predicted octanol–water partition coefficient (Wildman–Crippen LogP) is 4.48. The van der Waals surface area contributed by atoms with Gasteiger partial charge in [-0.2, -0.15) is 0 Å². The molecule has 0 spiro atoms. The highest BCUT2D eigenvalue weighted by Gasteiger charge is 2.06. The van der Waals surface area contributed by atoms with Gasteiger partial charge in [0.25, 0.3) is 0 Å². The van der Waals surface area contributed by atoms with Crippen LogP contribution in [-0.4, -0.2) is 5.78 Å². The highest BCUT2D eigenvalue weighted by atomic mass is 16.1. The zero-order chi connectivity index (χ0) is 11.8. The summed E-state index contributed by atoms with van der Waals surface area (Å²) in [6.45, 7) is 4.49. The summed E-state index contributed by atoms with van der Waals surface area (Å²) in [5.74, 6) is 1.04. The van der Waals surface area contributed by atoms with Gasteiger partial charge < -0.3 is 0 Å². The Morgan fingerprint density at radius 1 is 1.19 bits per heavy atom. The normalized spacial score (nSPS) is 12.4. The van der Waals surface area contributed by atoms with Crippen molar-refractivity contribution in [1.82, 2.24) is 0 Å². The molecule has 0 N–H and O–H groups in total. The Labute approximate surface area is 98.9 Å². The molecule has 0 radical (unpaired) electrons. The average molecular weight is 218 g/mol. The first-order valence-electron chi connectivity index (χ1n) is 6.32. The van der Waals surface area contributed by atoms with Gasteiger partial charge in [-0.05, 0) is 12.3 Å². The van der Waals surface area contributed by atoms with Crippen molar-refractivity contribution in [2.75, 3.05) is 0 Å². The van der Waals surface area contributed by atoms with Crippen LogP contribution in [-0.2, 0) is 0 Å². The van der Waals surface area contributed by atoms with Crippen LogP contribution >= 0.6 is 0 Å². The molecule has 16 heavy (non-hydrogen) atoms. The van der Waals surface area contributed by atoms with Crippen LogP contribution in [0.15, 0.2) is 30.3 Å². The molecule has 1 atom stereocenters. The topological polar surface area (TPSA) is 17.1 Å². The second-order valence-corrected chi connectivity index (χ2v) is 4.58. The zero-order valence-electron chi connectivity index (χ0n) is 10.4. The molecular weight excluding hydrogens is 196 g/mol. The highest BCUT2D eigenvalue weighted by molar-refractivity contribution is 5.95. The average Bonchev–Trinajstić information content (AvgIpc) is 2.30. The second kappa shape index (κ2) is 7.21. The lowest BCUT2D eigenvalue weighted by Crippen LogP contribution is -2.01. The van der Waals surface area contributed by atoms with Crippen molar-refractivity contribution >= 4 is 5.78 Å². The van der Waals surface area contributed by atoms with Gasteiger partial charge in [-0.25, -0.2) is 0 Å². The Bertz CT molecular complexity index is 302. The summed E-state index contributed by atoms with van der Waals surface area (Å²) in [6, 6.07) is 9.59. The molecule has 1 rings (SSSR count). The van der Waals surface area contributed by atoms with E-state index >= 15 is 0 Å². The summed E-state index contributed by atoms with van der Waals surface area (Å²) in [7, 11) is 0. The van der Waals surface area contributed by atoms with E-state index in [1.165, 1.54) is 19.3 Å². The summed E-state index contributed by atoms with van der Waals surface area (Å²) in [6.07, 6.45) is 5.41. The fourth-order valence-corrected chi connectivity index (χ4v) is 2.02. The molecule has 0 aliphatic rings. The Hall–Kier alpha value is -1.11. The molecule has 0 amide bonds. The van der Waals surface area contributed by atoms with Crippen LogP contribution in [0.3, 0.4) is 0 Å².